The minimum Gasteiger partial charge on any atom is -0.457 e. The van der Waals surface area contributed by atoms with Crippen molar-refractivity contribution in [2.75, 3.05) is 33.0 Å². The lowest BCUT2D eigenvalue weighted by atomic mass is 9.98. The van der Waals surface area contributed by atoms with E-state index in [9.17, 15) is 40.5 Å². The number of carbonyl (C=O) groups excluding carboxylic acids is 1. The monoisotopic (exact) mass is 837 g/mol. The van der Waals surface area contributed by atoms with Gasteiger partial charge in [0.25, 0.3) is 0 Å². The quantitative estimate of drug-likeness (QED) is 0.0313. The van der Waals surface area contributed by atoms with Gasteiger partial charge in [-0.1, -0.05) is 155 Å². The molecule has 2 aliphatic rings. The summed E-state index contributed by atoms with van der Waals surface area (Å²) in [6.45, 7) is 3.33. The second-order valence-corrected chi connectivity index (χ2v) is 16.6. The van der Waals surface area contributed by atoms with Crippen LogP contribution in [0.5, 0.6) is 0 Å². The summed E-state index contributed by atoms with van der Waals surface area (Å²) in [6.07, 6.45) is 15.2. The lowest BCUT2D eigenvalue weighted by Gasteiger charge is -2.42. The fourth-order valence-corrected chi connectivity index (χ4v) is 7.56. The van der Waals surface area contributed by atoms with Crippen molar-refractivity contribution >= 4 is 5.97 Å². The van der Waals surface area contributed by atoms with Crippen molar-refractivity contribution in [3.8, 4) is 0 Å². The number of aliphatic hydroxyl groups excluding tert-OH is 7. The van der Waals surface area contributed by atoms with E-state index in [-0.39, 0.29) is 19.6 Å². The minimum absolute atomic E-state index is 0.0619. The first kappa shape index (κ1) is 53.1. The third kappa shape index (κ3) is 22.2. The highest BCUT2D eigenvalue weighted by molar-refractivity contribution is 5.69. The van der Waals surface area contributed by atoms with E-state index in [1.807, 2.05) is 6.92 Å². The number of hydrogen-bond acceptors (Lipinski definition) is 14. The van der Waals surface area contributed by atoms with Crippen molar-refractivity contribution in [1.29, 1.82) is 0 Å². The smallest absolute Gasteiger partial charge is 0.306 e. The first-order chi connectivity index (χ1) is 28.1. The molecule has 2 rings (SSSR count). The van der Waals surface area contributed by atoms with Crippen LogP contribution in [0.15, 0.2) is 0 Å². The average Bonchev–Trinajstić information content (AvgIpc) is 3.21. The highest BCUT2D eigenvalue weighted by Crippen LogP contribution is 2.26. The number of unbranched alkanes of at least 4 members (excludes halogenated alkanes) is 22. The Morgan fingerprint density at radius 3 is 1.36 bits per heavy atom. The summed E-state index contributed by atoms with van der Waals surface area (Å²) >= 11 is 0. The largest absolute Gasteiger partial charge is 0.457 e. The summed E-state index contributed by atoms with van der Waals surface area (Å²) < 4.78 is 33.6. The predicted octanol–water partition coefficient (Wildman–Crippen LogP) is 5.35. The molecule has 0 bridgehead atoms. The van der Waals surface area contributed by atoms with Crippen molar-refractivity contribution in [2.45, 2.75) is 242 Å². The van der Waals surface area contributed by atoms with Gasteiger partial charge in [0.05, 0.1) is 26.4 Å². The normalized spacial score (nSPS) is 28.2. The van der Waals surface area contributed by atoms with Gasteiger partial charge in [0.1, 0.15) is 54.9 Å². The molecule has 2 saturated heterocycles. The molecule has 0 saturated carbocycles. The number of esters is 1. The minimum atomic E-state index is -1.70. The van der Waals surface area contributed by atoms with Crippen molar-refractivity contribution < 1.29 is 69.0 Å². The number of aliphatic hydroxyl groups is 7. The Morgan fingerprint density at radius 2 is 0.914 bits per heavy atom. The van der Waals surface area contributed by atoms with Crippen LogP contribution in [0.25, 0.3) is 0 Å². The summed E-state index contributed by atoms with van der Waals surface area (Å²) in [7, 11) is 0. The number of ether oxygens (including phenoxy) is 6. The van der Waals surface area contributed by atoms with E-state index in [1.54, 1.807) is 0 Å². The van der Waals surface area contributed by atoms with E-state index in [0.717, 1.165) is 19.3 Å². The molecule has 0 aromatic heterocycles. The van der Waals surface area contributed by atoms with E-state index >= 15 is 0 Å². The Morgan fingerprint density at radius 1 is 0.500 bits per heavy atom. The summed E-state index contributed by atoms with van der Waals surface area (Å²) in [6, 6.07) is 0. The zero-order valence-electron chi connectivity index (χ0n) is 36.1. The van der Waals surface area contributed by atoms with Crippen LogP contribution in [0, 0.1) is 0 Å². The lowest BCUT2D eigenvalue weighted by Crippen LogP contribution is -2.61. The molecule has 2 fully saturated rings. The summed E-state index contributed by atoms with van der Waals surface area (Å²) in [5.74, 6) is -0.425. The van der Waals surface area contributed by atoms with Crippen LogP contribution in [0.4, 0.5) is 0 Å². The van der Waals surface area contributed by atoms with Crippen LogP contribution in [-0.4, -0.2) is 142 Å². The van der Waals surface area contributed by atoms with Crippen LogP contribution in [0.3, 0.4) is 0 Å². The lowest BCUT2D eigenvalue weighted by molar-refractivity contribution is -0.332. The van der Waals surface area contributed by atoms with Gasteiger partial charge in [-0.3, -0.25) is 4.79 Å². The third-order valence-electron chi connectivity index (χ3n) is 11.3. The van der Waals surface area contributed by atoms with E-state index < -0.39 is 86.7 Å². The van der Waals surface area contributed by atoms with Crippen LogP contribution in [0.1, 0.15) is 174 Å². The molecule has 7 N–H and O–H groups in total. The molecule has 14 heteroatoms. The van der Waals surface area contributed by atoms with Gasteiger partial charge in [-0.25, -0.2) is 0 Å². The maximum atomic E-state index is 12.3. The van der Waals surface area contributed by atoms with Crippen molar-refractivity contribution in [2.24, 2.45) is 0 Å². The fraction of sp³-hybridized carbons (Fsp3) is 0.977. The number of hydrogen-bond donors (Lipinski definition) is 7. The fourth-order valence-electron chi connectivity index (χ4n) is 7.56. The van der Waals surface area contributed by atoms with Gasteiger partial charge in [-0.05, 0) is 12.8 Å². The topological polar surface area (TPSA) is 214 Å². The highest BCUT2D eigenvalue weighted by Gasteiger charge is 2.47. The van der Waals surface area contributed by atoms with Crippen LogP contribution in [-0.2, 0) is 33.2 Å². The number of rotatable bonds is 36. The zero-order valence-corrected chi connectivity index (χ0v) is 36.1. The molecule has 0 aromatic carbocycles. The molecule has 0 aliphatic carbocycles. The maximum absolute atomic E-state index is 12.3. The molecule has 0 radical (unpaired) electrons. The highest BCUT2D eigenvalue weighted by atomic mass is 16.7. The Bertz CT molecular complexity index is 975. The van der Waals surface area contributed by atoms with Crippen LogP contribution >= 0.6 is 0 Å². The van der Waals surface area contributed by atoms with E-state index in [4.69, 9.17) is 28.4 Å². The van der Waals surface area contributed by atoms with E-state index in [0.29, 0.717) is 13.0 Å². The first-order valence-electron chi connectivity index (χ1n) is 23.1. The van der Waals surface area contributed by atoms with Crippen molar-refractivity contribution in [3.63, 3.8) is 0 Å². The van der Waals surface area contributed by atoms with Crippen LogP contribution < -0.4 is 0 Å². The molecular weight excluding hydrogens is 752 g/mol. The van der Waals surface area contributed by atoms with Gasteiger partial charge in [0.15, 0.2) is 12.6 Å². The molecule has 344 valence electrons. The summed E-state index contributed by atoms with van der Waals surface area (Å²) in [4.78, 5) is 12.3. The van der Waals surface area contributed by atoms with Gasteiger partial charge >= 0.3 is 5.97 Å². The molecule has 11 unspecified atom stereocenters. The average molecular weight is 837 g/mol. The second-order valence-electron chi connectivity index (χ2n) is 16.6. The maximum Gasteiger partial charge on any atom is 0.306 e. The van der Waals surface area contributed by atoms with Crippen molar-refractivity contribution in [1.82, 2.24) is 0 Å². The zero-order chi connectivity index (χ0) is 42.4. The third-order valence-corrected chi connectivity index (χ3v) is 11.3. The second kappa shape index (κ2) is 33.6. The Balaban J connectivity index is 1.55. The standard InChI is InChI=1S/C44H84O14/c1-3-5-6-7-8-9-10-11-12-13-14-15-16-17-18-19-20-21-22-23-24-25-26-28-53-30-33(56-36(46)27-4-2)31-54-43-42(52)40(50)38(48)35(58-43)32-55-44-41(51)39(49)37(47)34(29-45)57-44/h33-35,37-45,47-52H,3-32H2,1-2H3. The first-order valence-corrected chi connectivity index (χ1v) is 23.1. The number of carbonyl (C=O) groups is 1. The van der Waals surface area contributed by atoms with Gasteiger partial charge in [-0.15, -0.1) is 0 Å². The van der Waals surface area contributed by atoms with Gasteiger partial charge in [0.2, 0.25) is 0 Å². The van der Waals surface area contributed by atoms with Gasteiger partial charge in [-0.2, -0.15) is 0 Å². The molecule has 14 nitrogen and oxygen atoms in total. The Hall–Kier alpha value is -1.01. The SMILES string of the molecule is CCCCCCCCCCCCCCCCCCCCCCCCCOCC(COC1OC(COC2OC(CO)C(O)C(O)C2O)C(O)C(O)C1O)OC(=O)CCC. The van der Waals surface area contributed by atoms with Crippen LogP contribution in [0.2, 0.25) is 0 Å². The van der Waals surface area contributed by atoms with Gasteiger partial charge < -0.3 is 64.2 Å². The van der Waals surface area contributed by atoms with Gasteiger partial charge in [0, 0.05) is 13.0 Å². The Kier molecular flexibility index (Phi) is 30.8. The Labute approximate surface area is 349 Å². The predicted molar refractivity (Wildman–Crippen MR) is 220 cm³/mol. The molecule has 0 spiro atoms. The van der Waals surface area contributed by atoms with E-state index in [2.05, 4.69) is 6.92 Å². The van der Waals surface area contributed by atoms with Crippen molar-refractivity contribution in [3.05, 3.63) is 0 Å². The molecule has 58 heavy (non-hydrogen) atoms. The molecule has 2 heterocycles. The summed E-state index contributed by atoms with van der Waals surface area (Å²) in [5.41, 5.74) is 0. The van der Waals surface area contributed by atoms with E-state index in [1.165, 1.54) is 128 Å². The molecule has 11 atom stereocenters. The summed E-state index contributed by atoms with van der Waals surface area (Å²) in [5, 5.41) is 71.3. The molecule has 2 aliphatic heterocycles. The molecular formula is C44H84O14. The molecule has 0 aromatic rings. The molecule has 0 amide bonds.